The molecule has 17 heavy (non-hydrogen) atoms. The third kappa shape index (κ3) is 1.60. The Morgan fingerprint density at radius 3 is 2.88 bits per heavy atom. The summed E-state index contributed by atoms with van der Waals surface area (Å²) in [6, 6.07) is 0. The van der Waals surface area contributed by atoms with E-state index in [1.807, 2.05) is 13.8 Å². The number of rotatable bonds is 3. The summed E-state index contributed by atoms with van der Waals surface area (Å²) in [6.45, 7) is 6.51. The number of nitrogens with one attached hydrogen (secondary N) is 1. The summed E-state index contributed by atoms with van der Waals surface area (Å²) in [7, 11) is 0. The molecule has 5 nitrogen and oxygen atoms in total. The summed E-state index contributed by atoms with van der Waals surface area (Å²) in [4.78, 5) is 12.2. The van der Waals surface area contributed by atoms with E-state index in [9.17, 15) is 9.90 Å². The maximum absolute atomic E-state index is 12.2. The summed E-state index contributed by atoms with van der Waals surface area (Å²) in [5.74, 6) is -0.0679. The Labute approximate surface area is 102 Å². The quantitative estimate of drug-likeness (QED) is 0.630. The molecule has 1 heterocycles. The number of nitrogens with two attached hydrogens (primary N) is 1. The van der Waals surface area contributed by atoms with Crippen LogP contribution in [0.2, 0.25) is 0 Å². The van der Waals surface area contributed by atoms with Gasteiger partial charge in [-0.05, 0) is 13.3 Å². The first-order chi connectivity index (χ1) is 7.81. The third-order valence-corrected chi connectivity index (χ3v) is 4.39. The van der Waals surface area contributed by atoms with Crippen LogP contribution in [0.25, 0.3) is 0 Å². The Morgan fingerprint density at radius 1 is 1.65 bits per heavy atom. The van der Waals surface area contributed by atoms with E-state index < -0.39 is 11.6 Å². The minimum absolute atomic E-state index is 0.0878. The van der Waals surface area contributed by atoms with Crippen LogP contribution in [0.5, 0.6) is 0 Å². The monoisotopic (exact) mass is 242 g/mol. The molecular formula is C12H22N2O3. The molecule has 1 saturated carbocycles. The van der Waals surface area contributed by atoms with Crippen LogP contribution in [0.3, 0.4) is 0 Å². The number of carbonyl (C=O) groups excluding carboxylic acids is 1. The van der Waals surface area contributed by atoms with Crippen molar-refractivity contribution in [3.63, 3.8) is 0 Å². The molecule has 0 aromatic rings. The molecule has 1 saturated heterocycles. The molecule has 2 fully saturated rings. The molecule has 1 aliphatic carbocycles. The van der Waals surface area contributed by atoms with Gasteiger partial charge in [0.25, 0.3) is 0 Å². The minimum atomic E-state index is -0.872. The zero-order chi connectivity index (χ0) is 12.8. The summed E-state index contributed by atoms with van der Waals surface area (Å²) >= 11 is 0. The van der Waals surface area contributed by atoms with Gasteiger partial charge in [0.15, 0.2) is 0 Å². The number of fused-ring (bicyclic) bond motifs is 1. The van der Waals surface area contributed by atoms with Crippen LogP contribution in [-0.4, -0.2) is 41.9 Å². The van der Waals surface area contributed by atoms with E-state index in [0.717, 1.165) is 6.42 Å². The number of aliphatic hydroxyl groups is 1. The lowest BCUT2D eigenvalue weighted by Crippen LogP contribution is -2.80. The molecule has 1 amide bonds. The second-order valence-electron chi connectivity index (χ2n) is 5.84. The smallest absolute Gasteiger partial charge is 0.241 e. The topological polar surface area (TPSA) is 84.6 Å². The van der Waals surface area contributed by atoms with Gasteiger partial charge in [-0.15, -0.1) is 0 Å². The van der Waals surface area contributed by atoms with Crippen molar-refractivity contribution in [1.29, 1.82) is 0 Å². The standard InChI is InChI=1S/C12H22N2O3/c1-7(15)6-14-10(16)12(13)8-4-5-17-9(8)11(12,2)3/h7-9,15H,4-6,13H2,1-3H3,(H,14,16). The van der Waals surface area contributed by atoms with Gasteiger partial charge in [0.05, 0.1) is 12.2 Å². The van der Waals surface area contributed by atoms with Gasteiger partial charge in [0.1, 0.15) is 5.54 Å². The van der Waals surface area contributed by atoms with Gasteiger partial charge in [-0.1, -0.05) is 13.8 Å². The first kappa shape index (κ1) is 12.8. The first-order valence-electron chi connectivity index (χ1n) is 6.18. The van der Waals surface area contributed by atoms with Crippen LogP contribution in [0.4, 0.5) is 0 Å². The molecule has 0 aromatic heterocycles. The Morgan fingerprint density at radius 2 is 2.29 bits per heavy atom. The van der Waals surface area contributed by atoms with Crippen molar-refractivity contribution >= 4 is 5.91 Å². The van der Waals surface area contributed by atoms with E-state index in [-0.39, 0.29) is 29.9 Å². The number of aliphatic hydroxyl groups excluding tert-OH is 1. The fourth-order valence-corrected chi connectivity index (χ4v) is 3.23. The zero-order valence-corrected chi connectivity index (χ0v) is 10.7. The van der Waals surface area contributed by atoms with E-state index in [0.29, 0.717) is 6.61 Å². The number of hydrogen-bond donors (Lipinski definition) is 3. The van der Waals surface area contributed by atoms with Gasteiger partial charge in [0, 0.05) is 24.5 Å². The highest BCUT2D eigenvalue weighted by Crippen LogP contribution is 2.58. The van der Waals surface area contributed by atoms with Gasteiger partial charge in [0.2, 0.25) is 5.91 Å². The van der Waals surface area contributed by atoms with E-state index in [4.69, 9.17) is 10.5 Å². The van der Waals surface area contributed by atoms with Gasteiger partial charge >= 0.3 is 0 Å². The fraction of sp³-hybridized carbons (Fsp3) is 0.917. The summed E-state index contributed by atoms with van der Waals surface area (Å²) < 4.78 is 5.63. The summed E-state index contributed by atoms with van der Waals surface area (Å²) in [6.07, 6.45) is 0.373. The molecule has 1 aliphatic heterocycles. The average molecular weight is 242 g/mol. The van der Waals surface area contributed by atoms with E-state index in [2.05, 4.69) is 5.32 Å². The van der Waals surface area contributed by atoms with Gasteiger partial charge in [-0.25, -0.2) is 0 Å². The van der Waals surface area contributed by atoms with Crippen LogP contribution >= 0.6 is 0 Å². The van der Waals surface area contributed by atoms with Crippen LogP contribution in [0.1, 0.15) is 27.2 Å². The largest absolute Gasteiger partial charge is 0.392 e. The molecule has 98 valence electrons. The van der Waals surface area contributed by atoms with Gasteiger partial charge in [-0.3, -0.25) is 4.79 Å². The van der Waals surface area contributed by atoms with Crippen molar-refractivity contribution < 1.29 is 14.6 Å². The zero-order valence-electron chi connectivity index (χ0n) is 10.7. The molecule has 0 spiro atoms. The summed E-state index contributed by atoms with van der Waals surface area (Å²) in [5, 5.41) is 11.9. The molecule has 2 aliphatic rings. The van der Waals surface area contributed by atoms with Crippen molar-refractivity contribution in [2.24, 2.45) is 17.1 Å². The molecule has 4 atom stereocenters. The molecule has 0 aromatic carbocycles. The molecule has 0 bridgehead atoms. The lowest BCUT2D eigenvalue weighted by Gasteiger charge is -2.60. The number of ether oxygens (including phenoxy) is 1. The first-order valence-corrected chi connectivity index (χ1v) is 6.18. The highest BCUT2D eigenvalue weighted by molar-refractivity contribution is 5.89. The molecule has 2 rings (SSSR count). The second kappa shape index (κ2) is 3.93. The van der Waals surface area contributed by atoms with Crippen molar-refractivity contribution in [3.8, 4) is 0 Å². The molecule has 4 N–H and O–H groups in total. The van der Waals surface area contributed by atoms with Crippen molar-refractivity contribution in [3.05, 3.63) is 0 Å². The van der Waals surface area contributed by atoms with Gasteiger partial charge < -0.3 is 20.9 Å². The maximum Gasteiger partial charge on any atom is 0.241 e. The predicted octanol–water partition coefficient (Wildman–Crippen LogP) is -0.374. The second-order valence-corrected chi connectivity index (χ2v) is 5.84. The van der Waals surface area contributed by atoms with Crippen LogP contribution in [0.15, 0.2) is 0 Å². The predicted molar refractivity (Wildman–Crippen MR) is 63.2 cm³/mol. The van der Waals surface area contributed by atoms with E-state index in [1.54, 1.807) is 6.92 Å². The lowest BCUT2D eigenvalue weighted by molar-refractivity contribution is -0.175. The Kier molecular flexibility index (Phi) is 2.96. The molecule has 5 heteroatoms. The Balaban J connectivity index is 2.10. The molecular weight excluding hydrogens is 220 g/mol. The molecule has 0 radical (unpaired) electrons. The number of amides is 1. The number of carbonyl (C=O) groups is 1. The minimum Gasteiger partial charge on any atom is -0.392 e. The van der Waals surface area contributed by atoms with E-state index in [1.165, 1.54) is 0 Å². The van der Waals surface area contributed by atoms with Crippen molar-refractivity contribution in [2.75, 3.05) is 13.2 Å². The maximum atomic E-state index is 12.2. The third-order valence-electron chi connectivity index (χ3n) is 4.39. The van der Waals surface area contributed by atoms with Crippen LogP contribution in [0, 0.1) is 11.3 Å². The van der Waals surface area contributed by atoms with Crippen LogP contribution in [-0.2, 0) is 9.53 Å². The number of hydrogen-bond acceptors (Lipinski definition) is 4. The highest BCUT2D eigenvalue weighted by atomic mass is 16.5. The highest BCUT2D eigenvalue weighted by Gasteiger charge is 2.71. The SMILES string of the molecule is CC(O)CNC(=O)C1(N)C2CCOC2C1(C)C. The fourth-order valence-electron chi connectivity index (χ4n) is 3.23. The molecule has 4 unspecified atom stereocenters. The lowest BCUT2D eigenvalue weighted by atomic mass is 9.48. The normalized spacial score (nSPS) is 40.3. The van der Waals surface area contributed by atoms with Crippen LogP contribution < -0.4 is 11.1 Å². The average Bonchev–Trinajstić information content (AvgIpc) is 2.72. The Bertz CT molecular complexity index is 330. The summed E-state index contributed by atoms with van der Waals surface area (Å²) in [5.41, 5.74) is 5.10. The Hall–Kier alpha value is -0.650. The van der Waals surface area contributed by atoms with Crippen molar-refractivity contribution in [2.45, 2.75) is 44.9 Å². The van der Waals surface area contributed by atoms with E-state index >= 15 is 0 Å². The van der Waals surface area contributed by atoms with Crippen molar-refractivity contribution in [1.82, 2.24) is 5.32 Å². The van der Waals surface area contributed by atoms with Gasteiger partial charge in [-0.2, -0.15) is 0 Å².